The van der Waals surface area contributed by atoms with Gasteiger partial charge in [0.2, 0.25) is 0 Å². The lowest BCUT2D eigenvalue weighted by Gasteiger charge is -2.26. The molecule has 1 fully saturated rings. The van der Waals surface area contributed by atoms with E-state index >= 15 is 0 Å². The predicted octanol–water partition coefficient (Wildman–Crippen LogP) is 2.81. The van der Waals surface area contributed by atoms with Crippen molar-refractivity contribution in [3.63, 3.8) is 0 Å². The van der Waals surface area contributed by atoms with Crippen molar-refractivity contribution >= 4 is 5.96 Å². The van der Waals surface area contributed by atoms with Crippen LogP contribution in [-0.4, -0.2) is 56.7 Å². The number of para-hydroxylation sites is 1. The summed E-state index contributed by atoms with van der Waals surface area (Å²) in [5.74, 6) is 1.90. The van der Waals surface area contributed by atoms with Crippen LogP contribution in [0.25, 0.3) is 0 Å². The van der Waals surface area contributed by atoms with Gasteiger partial charge in [0, 0.05) is 20.0 Å². The molecule has 0 aromatic heterocycles. The van der Waals surface area contributed by atoms with E-state index in [9.17, 15) is 0 Å². The third-order valence-corrected chi connectivity index (χ3v) is 5.33. The molecule has 3 rings (SSSR count). The standard InChI is InChI=1S/C21H34N4O/c1-22-21(23-12-6-2-7-13-25-14-8-3-9-15-25)24-17-19-16-18-10-4-5-11-20(18)26-19/h4-5,10-11,19H,2-3,6-9,12-17H2,1H3,(H2,22,23,24). The first-order chi connectivity index (χ1) is 12.8. The number of guanidine groups is 1. The molecule has 2 N–H and O–H groups in total. The van der Waals surface area contributed by atoms with Gasteiger partial charge < -0.3 is 20.3 Å². The minimum absolute atomic E-state index is 0.190. The SMILES string of the molecule is CN=C(NCCCCCN1CCCCC1)NCC1Cc2ccccc2O1. The molecule has 0 aliphatic carbocycles. The molecule has 1 aromatic rings. The van der Waals surface area contributed by atoms with E-state index in [1.54, 1.807) is 0 Å². The second-order valence-corrected chi connectivity index (χ2v) is 7.39. The lowest BCUT2D eigenvalue weighted by molar-refractivity contribution is 0.224. The molecular formula is C21H34N4O. The van der Waals surface area contributed by atoms with Crippen LogP contribution in [0.3, 0.4) is 0 Å². The van der Waals surface area contributed by atoms with E-state index in [1.807, 2.05) is 19.2 Å². The molecule has 0 bridgehead atoms. The Labute approximate surface area is 158 Å². The Morgan fingerprint density at radius 3 is 2.77 bits per heavy atom. The zero-order chi connectivity index (χ0) is 18.0. The number of hydrogen-bond donors (Lipinski definition) is 2. The van der Waals surface area contributed by atoms with Crippen LogP contribution in [0.15, 0.2) is 29.3 Å². The first-order valence-electron chi connectivity index (χ1n) is 10.3. The third kappa shape index (κ3) is 5.90. The van der Waals surface area contributed by atoms with Gasteiger partial charge in [-0.1, -0.05) is 31.0 Å². The Bertz CT molecular complexity index is 544. The minimum atomic E-state index is 0.190. The van der Waals surface area contributed by atoms with Crippen LogP contribution in [0.1, 0.15) is 44.1 Å². The Hall–Kier alpha value is -1.75. The van der Waals surface area contributed by atoms with Crippen LogP contribution >= 0.6 is 0 Å². The van der Waals surface area contributed by atoms with Crippen LogP contribution in [0, 0.1) is 0 Å². The van der Waals surface area contributed by atoms with Gasteiger partial charge >= 0.3 is 0 Å². The number of unbranched alkanes of at least 4 members (excludes halogenated alkanes) is 2. The second-order valence-electron chi connectivity index (χ2n) is 7.39. The smallest absolute Gasteiger partial charge is 0.191 e. The van der Waals surface area contributed by atoms with Crippen LogP contribution in [0.2, 0.25) is 0 Å². The van der Waals surface area contributed by atoms with Gasteiger partial charge in [0.1, 0.15) is 11.9 Å². The Balaban J connectivity index is 1.24. The van der Waals surface area contributed by atoms with E-state index in [-0.39, 0.29) is 6.10 Å². The van der Waals surface area contributed by atoms with Gasteiger partial charge in [-0.2, -0.15) is 0 Å². The van der Waals surface area contributed by atoms with E-state index in [0.29, 0.717) is 0 Å². The number of hydrogen-bond acceptors (Lipinski definition) is 3. The van der Waals surface area contributed by atoms with Crippen molar-refractivity contribution in [2.45, 2.75) is 51.0 Å². The number of nitrogens with one attached hydrogen (secondary N) is 2. The molecule has 2 heterocycles. The summed E-state index contributed by atoms with van der Waals surface area (Å²) in [6.07, 6.45) is 9.14. The number of aliphatic imine (C=N–C) groups is 1. The molecule has 0 saturated carbocycles. The van der Waals surface area contributed by atoms with E-state index in [1.165, 1.54) is 63.7 Å². The number of fused-ring (bicyclic) bond motifs is 1. The molecule has 0 amide bonds. The summed E-state index contributed by atoms with van der Waals surface area (Å²) >= 11 is 0. The largest absolute Gasteiger partial charge is 0.488 e. The fourth-order valence-corrected chi connectivity index (χ4v) is 3.83. The van der Waals surface area contributed by atoms with E-state index < -0.39 is 0 Å². The predicted molar refractivity (Wildman–Crippen MR) is 108 cm³/mol. The summed E-state index contributed by atoms with van der Waals surface area (Å²) in [7, 11) is 1.83. The van der Waals surface area contributed by atoms with Gasteiger partial charge in [-0.25, -0.2) is 0 Å². The number of ether oxygens (including phenoxy) is 1. The van der Waals surface area contributed by atoms with E-state index in [0.717, 1.165) is 31.2 Å². The number of nitrogens with zero attached hydrogens (tertiary/aromatic N) is 2. The molecule has 2 aliphatic heterocycles. The van der Waals surface area contributed by atoms with Crippen LogP contribution in [0.4, 0.5) is 0 Å². The average molecular weight is 359 g/mol. The van der Waals surface area contributed by atoms with Crippen LogP contribution in [-0.2, 0) is 6.42 Å². The molecule has 144 valence electrons. The molecule has 0 radical (unpaired) electrons. The first-order valence-corrected chi connectivity index (χ1v) is 10.3. The summed E-state index contributed by atoms with van der Waals surface area (Å²) in [6.45, 7) is 5.64. The fourth-order valence-electron chi connectivity index (χ4n) is 3.83. The molecule has 26 heavy (non-hydrogen) atoms. The summed E-state index contributed by atoms with van der Waals surface area (Å²) in [4.78, 5) is 6.94. The fraction of sp³-hybridized carbons (Fsp3) is 0.667. The monoisotopic (exact) mass is 358 g/mol. The molecule has 5 heteroatoms. The molecule has 0 spiro atoms. The highest BCUT2D eigenvalue weighted by Gasteiger charge is 2.22. The van der Waals surface area contributed by atoms with Gasteiger partial charge in [-0.3, -0.25) is 4.99 Å². The van der Waals surface area contributed by atoms with Crippen molar-refractivity contribution in [3.8, 4) is 5.75 Å². The van der Waals surface area contributed by atoms with Crippen molar-refractivity contribution in [2.75, 3.05) is 39.8 Å². The molecule has 1 unspecified atom stereocenters. The zero-order valence-corrected chi connectivity index (χ0v) is 16.2. The third-order valence-electron chi connectivity index (χ3n) is 5.33. The molecule has 5 nitrogen and oxygen atoms in total. The van der Waals surface area contributed by atoms with Crippen LogP contribution < -0.4 is 15.4 Å². The maximum Gasteiger partial charge on any atom is 0.191 e. The highest BCUT2D eigenvalue weighted by atomic mass is 16.5. The summed E-state index contributed by atoms with van der Waals surface area (Å²) < 4.78 is 5.97. The highest BCUT2D eigenvalue weighted by Crippen LogP contribution is 2.27. The van der Waals surface area contributed by atoms with Gasteiger partial charge in [0.25, 0.3) is 0 Å². The maximum absolute atomic E-state index is 5.97. The van der Waals surface area contributed by atoms with Crippen molar-refractivity contribution < 1.29 is 4.74 Å². The maximum atomic E-state index is 5.97. The van der Waals surface area contributed by atoms with Crippen molar-refractivity contribution in [1.29, 1.82) is 0 Å². The number of rotatable bonds is 8. The summed E-state index contributed by atoms with van der Waals surface area (Å²) in [5.41, 5.74) is 1.30. The molecule has 2 aliphatic rings. The normalized spacial score (nSPS) is 20.5. The van der Waals surface area contributed by atoms with E-state index in [2.05, 4.69) is 32.7 Å². The number of benzene rings is 1. The molecule has 1 aromatic carbocycles. The molecule has 1 saturated heterocycles. The lowest BCUT2D eigenvalue weighted by Crippen LogP contribution is -2.42. The Morgan fingerprint density at radius 2 is 1.96 bits per heavy atom. The average Bonchev–Trinajstić information content (AvgIpc) is 3.10. The van der Waals surface area contributed by atoms with Crippen molar-refractivity contribution in [2.24, 2.45) is 4.99 Å². The minimum Gasteiger partial charge on any atom is -0.488 e. The van der Waals surface area contributed by atoms with Crippen molar-refractivity contribution in [3.05, 3.63) is 29.8 Å². The van der Waals surface area contributed by atoms with Gasteiger partial charge in [-0.05, 0) is 56.9 Å². The highest BCUT2D eigenvalue weighted by molar-refractivity contribution is 5.79. The quantitative estimate of drug-likeness (QED) is 0.426. The lowest BCUT2D eigenvalue weighted by atomic mass is 10.1. The van der Waals surface area contributed by atoms with Crippen LogP contribution in [0.5, 0.6) is 5.75 Å². The number of piperidine rings is 1. The topological polar surface area (TPSA) is 48.9 Å². The van der Waals surface area contributed by atoms with Gasteiger partial charge in [0.15, 0.2) is 5.96 Å². The van der Waals surface area contributed by atoms with Crippen molar-refractivity contribution in [1.82, 2.24) is 15.5 Å². The molecular weight excluding hydrogens is 324 g/mol. The second kappa shape index (κ2) is 10.4. The first kappa shape index (κ1) is 19.0. The van der Waals surface area contributed by atoms with Gasteiger partial charge in [-0.15, -0.1) is 0 Å². The summed E-state index contributed by atoms with van der Waals surface area (Å²) in [6, 6.07) is 8.29. The number of likely N-dealkylation sites (tertiary alicyclic amines) is 1. The zero-order valence-electron chi connectivity index (χ0n) is 16.2. The van der Waals surface area contributed by atoms with Gasteiger partial charge in [0.05, 0.1) is 6.54 Å². The Kier molecular flexibility index (Phi) is 7.62. The van der Waals surface area contributed by atoms with E-state index in [4.69, 9.17) is 4.74 Å². The molecule has 1 atom stereocenters. The Morgan fingerprint density at radius 1 is 1.12 bits per heavy atom. The summed E-state index contributed by atoms with van der Waals surface area (Å²) in [5, 5.41) is 6.82.